The lowest BCUT2D eigenvalue weighted by Gasteiger charge is -2.18. The number of benzene rings is 1. The summed E-state index contributed by atoms with van der Waals surface area (Å²) < 4.78 is 7.41. The second-order valence-corrected chi connectivity index (χ2v) is 6.36. The Hall–Kier alpha value is -1.81. The minimum absolute atomic E-state index is 0.0237. The van der Waals surface area contributed by atoms with Crippen molar-refractivity contribution >= 4 is 0 Å². The molecule has 0 bridgehead atoms. The smallest absolute Gasteiger partial charge is 0.122 e. The van der Waals surface area contributed by atoms with Crippen LogP contribution in [-0.4, -0.2) is 23.4 Å². The van der Waals surface area contributed by atoms with Crippen molar-refractivity contribution in [3.63, 3.8) is 0 Å². The van der Waals surface area contributed by atoms with Gasteiger partial charge in [0.05, 0.1) is 12.8 Å². The van der Waals surface area contributed by atoms with Crippen LogP contribution < -0.4 is 10.5 Å². The fourth-order valence-electron chi connectivity index (χ4n) is 2.54. The number of rotatable bonds is 4. The number of aromatic nitrogens is 2. The molecule has 0 saturated carbocycles. The Labute approximate surface area is 126 Å². The molecule has 2 N–H and O–H groups in total. The molecule has 0 amide bonds. The molecule has 1 atom stereocenters. The molecule has 1 aromatic carbocycles. The highest BCUT2D eigenvalue weighted by atomic mass is 16.5. The predicted molar refractivity (Wildman–Crippen MR) is 85.8 cm³/mol. The molecule has 0 saturated heterocycles. The molecule has 1 aromatic heterocycles. The van der Waals surface area contributed by atoms with Gasteiger partial charge in [0.1, 0.15) is 5.75 Å². The minimum atomic E-state index is 0.0237. The van der Waals surface area contributed by atoms with Crippen LogP contribution in [0.1, 0.15) is 43.6 Å². The quantitative estimate of drug-likeness (QED) is 0.940. The molecule has 4 heteroatoms. The van der Waals surface area contributed by atoms with Crippen molar-refractivity contribution in [2.24, 2.45) is 12.8 Å². The first-order valence-electron chi connectivity index (χ1n) is 7.26. The number of nitrogens with zero attached hydrogens (tertiary/aromatic N) is 2. The van der Waals surface area contributed by atoms with E-state index in [0.29, 0.717) is 6.54 Å². The number of hydrogen-bond donors (Lipinski definition) is 1. The normalized spacial score (nSPS) is 13.2. The maximum absolute atomic E-state index is 6.05. The van der Waals surface area contributed by atoms with Gasteiger partial charge in [0.2, 0.25) is 0 Å². The van der Waals surface area contributed by atoms with E-state index >= 15 is 0 Å². The summed E-state index contributed by atoms with van der Waals surface area (Å²) in [5, 5.41) is 4.65. The average Bonchev–Trinajstić information content (AvgIpc) is 2.83. The van der Waals surface area contributed by atoms with Crippen molar-refractivity contribution in [1.82, 2.24) is 9.78 Å². The van der Waals surface area contributed by atoms with Crippen LogP contribution in [0.4, 0.5) is 0 Å². The highest BCUT2D eigenvalue weighted by molar-refractivity contribution is 5.41. The van der Waals surface area contributed by atoms with Crippen molar-refractivity contribution in [2.75, 3.05) is 13.7 Å². The third-order valence-corrected chi connectivity index (χ3v) is 3.79. The van der Waals surface area contributed by atoms with Gasteiger partial charge in [-0.3, -0.25) is 4.68 Å². The van der Waals surface area contributed by atoms with Crippen LogP contribution in [0.15, 0.2) is 30.3 Å². The van der Waals surface area contributed by atoms with Crippen LogP contribution in [0.3, 0.4) is 0 Å². The van der Waals surface area contributed by atoms with Gasteiger partial charge in [0.15, 0.2) is 0 Å². The van der Waals surface area contributed by atoms with E-state index in [9.17, 15) is 0 Å². The topological polar surface area (TPSA) is 53.1 Å². The maximum atomic E-state index is 6.05. The summed E-state index contributed by atoms with van der Waals surface area (Å²) in [5.74, 6) is 0.946. The highest BCUT2D eigenvalue weighted by Gasteiger charge is 2.24. The summed E-state index contributed by atoms with van der Waals surface area (Å²) in [6, 6.07) is 10.2. The molecule has 2 aromatic rings. The maximum Gasteiger partial charge on any atom is 0.122 e. The van der Waals surface area contributed by atoms with Crippen LogP contribution in [0.2, 0.25) is 0 Å². The van der Waals surface area contributed by atoms with E-state index < -0.39 is 0 Å². The Kier molecular flexibility index (Phi) is 4.37. The monoisotopic (exact) mass is 287 g/mol. The molecule has 0 radical (unpaired) electrons. The Morgan fingerprint density at radius 3 is 2.48 bits per heavy atom. The zero-order valence-corrected chi connectivity index (χ0v) is 13.6. The van der Waals surface area contributed by atoms with Crippen molar-refractivity contribution < 1.29 is 4.74 Å². The number of aryl methyl sites for hydroxylation is 1. The van der Waals surface area contributed by atoms with Crippen LogP contribution >= 0.6 is 0 Å². The van der Waals surface area contributed by atoms with Crippen LogP contribution in [0, 0.1) is 0 Å². The molecule has 0 fully saturated rings. The summed E-state index contributed by atoms with van der Waals surface area (Å²) in [7, 11) is 3.67. The molecule has 0 spiro atoms. The van der Waals surface area contributed by atoms with Gasteiger partial charge in [-0.1, -0.05) is 39.0 Å². The van der Waals surface area contributed by atoms with E-state index in [-0.39, 0.29) is 11.3 Å². The molecular weight excluding hydrogens is 262 g/mol. The summed E-state index contributed by atoms with van der Waals surface area (Å²) in [5.41, 5.74) is 9.37. The van der Waals surface area contributed by atoms with Gasteiger partial charge >= 0.3 is 0 Å². The molecule has 2 rings (SSSR count). The van der Waals surface area contributed by atoms with Crippen molar-refractivity contribution in [1.29, 1.82) is 0 Å². The summed E-state index contributed by atoms with van der Waals surface area (Å²) in [6.45, 7) is 7.02. The summed E-state index contributed by atoms with van der Waals surface area (Å²) in [4.78, 5) is 0. The Bertz CT molecular complexity index is 611. The van der Waals surface area contributed by atoms with E-state index in [0.717, 1.165) is 22.7 Å². The van der Waals surface area contributed by atoms with E-state index in [1.165, 1.54) is 0 Å². The van der Waals surface area contributed by atoms with Crippen LogP contribution in [0.5, 0.6) is 5.75 Å². The lowest BCUT2D eigenvalue weighted by molar-refractivity contribution is 0.407. The summed E-state index contributed by atoms with van der Waals surface area (Å²) >= 11 is 0. The Morgan fingerprint density at radius 1 is 1.29 bits per heavy atom. The molecule has 1 heterocycles. The van der Waals surface area contributed by atoms with Gasteiger partial charge in [-0.25, -0.2) is 0 Å². The SMILES string of the molecule is COc1ccccc1C(CN)c1cc(C(C)(C)C)nn1C. The lowest BCUT2D eigenvalue weighted by Crippen LogP contribution is -2.17. The molecule has 0 aliphatic carbocycles. The largest absolute Gasteiger partial charge is 0.496 e. The zero-order valence-electron chi connectivity index (χ0n) is 13.6. The fraction of sp³-hybridized carbons (Fsp3) is 0.471. The average molecular weight is 287 g/mol. The number of para-hydroxylation sites is 1. The number of methoxy groups -OCH3 is 1. The lowest BCUT2D eigenvalue weighted by atomic mass is 9.89. The molecular formula is C17H25N3O. The molecule has 0 aliphatic heterocycles. The van der Waals surface area contributed by atoms with E-state index in [2.05, 4.69) is 38.0 Å². The van der Waals surface area contributed by atoms with E-state index in [1.54, 1.807) is 7.11 Å². The minimum Gasteiger partial charge on any atom is -0.496 e. The first kappa shape index (κ1) is 15.6. The molecule has 21 heavy (non-hydrogen) atoms. The van der Waals surface area contributed by atoms with Crippen LogP contribution in [0.25, 0.3) is 0 Å². The Morgan fingerprint density at radius 2 is 1.95 bits per heavy atom. The summed E-state index contributed by atoms with van der Waals surface area (Å²) in [6.07, 6.45) is 0. The van der Waals surface area contributed by atoms with Crippen molar-refractivity contribution in [2.45, 2.75) is 32.1 Å². The highest BCUT2D eigenvalue weighted by Crippen LogP contribution is 2.32. The third-order valence-electron chi connectivity index (χ3n) is 3.79. The van der Waals surface area contributed by atoms with E-state index in [1.807, 2.05) is 29.9 Å². The second-order valence-electron chi connectivity index (χ2n) is 6.36. The van der Waals surface area contributed by atoms with Gasteiger partial charge in [-0.05, 0) is 12.1 Å². The molecule has 4 nitrogen and oxygen atoms in total. The molecule has 0 aliphatic rings. The van der Waals surface area contributed by atoms with Crippen molar-refractivity contribution in [3.8, 4) is 5.75 Å². The second kappa shape index (κ2) is 5.90. The number of ether oxygens (including phenoxy) is 1. The first-order chi connectivity index (χ1) is 9.88. The van der Waals surface area contributed by atoms with E-state index in [4.69, 9.17) is 10.5 Å². The number of nitrogens with two attached hydrogens (primary N) is 1. The predicted octanol–water partition coefficient (Wildman–Crippen LogP) is 2.82. The van der Waals surface area contributed by atoms with Gasteiger partial charge in [0.25, 0.3) is 0 Å². The molecule has 1 unspecified atom stereocenters. The number of hydrogen-bond acceptors (Lipinski definition) is 3. The Balaban J connectivity index is 2.49. The van der Waals surface area contributed by atoms with Gasteiger partial charge in [0, 0.05) is 36.2 Å². The zero-order chi connectivity index (χ0) is 15.6. The third kappa shape index (κ3) is 3.10. The van der Waals surface area contributed by atoms with Crippen LogP contribution in [-0.2, 0) is 12.5 Å². The fourth-order valence-corrected chi connectivity index (χ4v) is 2.54. The van der Waals surface area contributed by atoms with Crippen molar-refractivity contribution in [3.05, 3.63) is 47.3 Å². The molecule has 114 valence electrons. The van der Waals surface area contributed by atoms with Gasteiger partial charge < -0.3 is 10.5 Å². The van der Waals surface area contributed by atoms with Gasteiger partial charge in [-0.15, -0.1) is 0 Å². The standard InChI is InChI=1S/C17H25N3O/c1-17(2,3)16-10-14(20(4)19-16)13(11-18)12-8-6-7-9-15(12)21-5/h6-10,13H,11,18H2,1-5H3. The first-order valence-corrected chi connectivity index (χ1v) is 7.26. The van der Waals surface area contributed by atoms with Gasteiger partial charge in [-0.2, -0.15) is 5.10 Å².